The van der Waals surface area contributed by atoms with Gasteiger partial charge in [0.15, 0.2) is 5.16 Å². The fourth-order valence-corrected chi connectivity index (χ4v) is 2.86. The number of carboxylic acids is 1. The van der Waals surface area contributed by atoms with Crippen molar-refractivity contribution in [3.8, 4) is 0 Å². The number of halogens is 1. The minimum absolute atomic E-state index is 0.0548. The Bertz CT molecular complexity index is 724. The van der Waals surface area contributed by atoms with Crippen molar-refractivity contribution in [3.63, 3.8) is 0 Å². The molecule has 2 aromatic rings. The van der Waals surface area contributed by atoms with Crippen molar-refractivity contribution in [2.75, 3.05) is 0 Å². The van der Waals surface area contributed by atoms with Crippen LogP contribution in [0.1, 0.15) is 35.8 Å². The van der Waals surface area contributed by atoms with Crippen molar-refractivity contribution in [2.24, 2.45) is 0 Å². The van der Waals surface area contributed by atoms with E-state index in [1.54, 1.807) is 0 Å². The number of aromatic carboxylic acids is 1. The molecule has 0 atom stereocenters. The van der Waals surface area contributed by atoms with E-state index in [1.807, 2.05) is 13.8 Å². The van der Waals surface area contributed by atoms with Crippen LogP contribution in [-0.4, -0.2) is 25.8 Å². The van der Waals surface area contributed by atoms with Crippen LogP contribution in [0, 0.1) is 5.82 Å². The normalized spacial score (nSPS) is 11.0. The maximum atomic E-state index is 13.4. The van der Waals surface area contributed by atoms with Crippen molar-refractivity contribution in [1.29, 1.82) is 0 Å². The van der Waals surface area contributed by atoms with Gasteiger partial charge in [-0.15, -0.1) is 5.10 Å². The van der Waals surface area contributed by atoms with Crippen LogP contribution in [0.3, 0.4) is 0 Å². The van der Waals surface area contributed by atoms with Crippen LogP contribution >= 0.6 is 11.8 Å². The summed E-state index contributed by atoms with van der Waals surface area (Å²) in [5.41, 5.74) is 0.106. The predicted octanol–water partition coefficient (Wildman–Crippen LogP) is 2.28. The van der Waals surface area contributed by atoms with E-state index in [9.17, 15) is 14.0 Å². The molecule has 0 bridgehead atoms. The van der Waals surface area contributed by atoms with Crippen molar-refractivity contribution in [2.45, 2.75) is 30.8 Å². The topological polar surface area (TPSA) is 88.0 Å². The van der Waals surface area contributed by atoms with Crippen LogP contribution in [0.4, 0.5) is 4.39 Å². The van der Waals surface area contributed by atoms with Crippen molar-refractivity contribution >= 4 is 17.7 Å². The van der Waals surface area contributed by atoms with E-state index in [0.717, 1.165) is 6.07 Å². The number of thioether (sulfide) groups is 1. The molecule has 2 N–H and O–H groups in total. The highest BCUT2D eigenvalue weighted by Crippen LogP contribution is 2.23. The average Bonchev–Trinajstić information content (AvgIpc) is 2.77. The number of carbonyl (C=O) groups is 1. The standard InChI is InChI=1S/C13H14FN3O3S/c1-7(2)17-12(20)15-16-13(17)21-6-8-3-9(11(18)19)5-10(14)4-8/h3-5,7H,6H2,1-2H3,(H,15,20)(H,18,19). The molecule has 6 nitrogen and oxygen atoms in total. The second kappa shape index (κ2) is 6.13. The zero-order valence-corrected chi connectivity index (χ0v) is 12.3. The Morgan fingerprint density at radius 1 is 1.48 bits per heavy atom. The number of aromatic amines is 1. The number of rotatable bonds is 5. The highest BCUT2D eigenvalue weighted by molar-refractivity contribution is 7.98. The fourth-order valence-electron chi connectivity index (χ4n) is 1.85. The molecule has 0 spiro atoms. The van der Waals surface area contributed by atoms with E-state index in [2.05, 4.69) is 10.2 Å². The van der Waals surface area contributed by atoms with E-state index < -0.39 is 11.8 Å². The molecule has 0 saturated heterocycles. The van der Waals surface area contributed by atoms with Crippen LogP contribution in [0.2, 0.25) is 0 Å². The highest BCUT2D eigenvalue weighted by Gasteiger charge is 2.13. The molecular formula is C13H14FN3O3S. The zero-order valence-electron chi connectivity index (χ0n) is 11.5. The van der Waals surface area contributed by atoms with Gasteiger partial charge >= 0.3 is 11.7 Å². The lowest BCUT2D eigenvalue weighted by Gasteiger charge is -2.08. The lowest BCUT2D eigenvalue weighted by atomic mass is 10.1. The van der Waals surface area contributed by atoms with Crippen LogP contribution in [-0.2, 0) is 5.75 Å². The number of nitrogens with one attached hydrogen (secondary N) is 1. The predicted molar refractivity (Wildman–Crippen MR) is 76.2 cm³/mol. The van der Waals surface area contributed by atoms with E-state index in [-0.39, 0.29) is 17.3 Å². The van der Waals surface area contributed by atoms with Gasteiger partial charge < -0.3 is 5.11 Å². The van der Waals surface area contributed by atoms with E-state index in [4.69, 9.17) is 5.11 Å². The largest absolute Gasteiger partial charge is 0.478 e. The SMILES string of the molecule is CC(C)n1c(SCc2cc(F)cc(C(=O)O)c2)n[nH]c1=O. The van der Waals surface area contributed by atoms with Gasteiger partial charge in [-0.05, 0) is 37.6 Å². The molecule has 0 fully saturated rings. The maximum Gasteiger partial charge on any atom is 0.344 e. The number of carboxylic acid groups (broad SMARTS) is 1. The first-order chi connectivity index (χ1) is 9.88. The Labute approximate surface area is 124 Å². The summed E-state index contributed by atoms with van der Waals surface area (Å²) in [5.74, 6) is -1.47. The number of hydrogen-bond acceptors (Lipinski definition) is 4. The van der Waals surface area contributed by atoms with Crippen LogP contribution in [0.15, 0.2) is 28.2 Å². The Balaban J connectivity index is 2.21. The molecule has 112 valence electrons. The molecule has 0 unspecified atom stereocenters. The molecule has 21 heavy (non-hydrogen) atoms. The fraction of sp³-hybridized carbons (Fsp3) is 0.308. The Morgan fingerprint density at radius 3 is 2.81 bits per heavy atom. The third-order valence-corrected chi connectivity index (χ3v) is 3.78. The number of hydrogen-bond donors (Lipinski definition) is 2. The minimum Gasteiger partial charge on any atom is -0.478 e. The maximum absolute atomic E-state index is 13.4. The van der Waals surface area contributed by atoms with Crippen LogP contribution in [0.5, 0.6) is 0 Å². The van der Waals surface area contributed by atoms with Gasteiger partial charge in [0.05, 0.1) is 5.56 Å². The van der Waals surface area contributed by atoms with Gasteiger partial charge in [0.2, 0.25) is 0 Å². The second-order valence-electron chi connectivity index (χ2n) is 4.72. The summed E-state index contributed by atoms with van der Waals surface area (Å²) in [6, 6.07) is 3.59. The first-order valence-electron chi connectivity index (χ1n) is 6.21. The highest BCUT2D eigenvalue weighted by atomic mass is 32.2. The third-order valence-electron chi connectivity index (χ3n) is 2.76. The van der Waals surface area contributed by atoms with Crippen molar-refractivity contribution in [3.05, 3.63) is 45.6 Å². The van der Waals surface area contributed by atoms with Gasteiger partial charge in [-0.2, -0.15) is 0 Å². The molecule has 0 radical (unpaired) electrons. The lowest BCUT2D eigenvalue weighted by molar-refractivity contribution is 0.0696. The molecule has 1 aromatic heterocycles. The van der Waals surface area contributed by atoms with E-state index in [0.29, 0.717) is 16.5 Å². The number of benzene rings is 1. The molecule has 2 rings (SSSR count). The molecule has 0 aliphatic rings. The van der Waals surface area contributed by atoms with Gasteiger partial charge in [-0.3, -0.25) is 4.57 Å². The Morgan fingerprint density at radius 2 is 2.19 bits per heavy atom. The van der Waals surface area contributed by atoms with E-state index in [1.165, 1.54) is 28.5 Å². The van der Waals surface area contributed by atoms with Crippen molar-refractivity contribution < 1.29 is 14.3 Å². The first kappa shape index (κ1) is 15.3. The van der Waals surface area contributed by atoms with Gasteiger partial charge in [-0.1, -0.05) is 11.8 Å². The Hall–Kier alpha value is -2.09. The summed E-state index contributed by atoms with van der Waals surface area (Å²) >= 11 is 1.24. The molecule has 0 aliphatic heterocycles. The summed E-state index contributed by atoms with van der Waals surface area (Å²) in [7, 11) is 0. The average molecular weight is 311 g/mol. The Kier molecular flexibility index (Phi) is 4.46. The minimum atomic E-state index is -1.18. The number of H-pyrrole nitrogens is 1. The van der Waals surface area contributed by atoms with E-state index >= 15 is 0 Å². The van der Waals surface area contributed by atoms with Crippen molar-refractivity contribution in [1.82, 2.24) is 14.8 Å². The summed E-state index contributed by atoms with van der Waals surface area (Å²) < 4.78 is 14.9. The number of nitrogens with zero attached hydrogens (tertiary/aromatic N) is 2. The third kappa shape index (κ3) is 3.52. The molecule has 0 amide bonds. The lowest BCUT2D eigenvalue weighted by Crippen LogP contribution is -2.19. The molecule has 8 heteroatoms. The summed E-state index contributed by atoms with van der Waals surface area (Å²) in [6.07, 6.45) is 0. The van der Waals surface area contributed by atoms with Gasteiger partial charge in [0.25, 0.3) is 0 Å². The summed E-state index contributed by atoms with van der Waals surface area (Å²) in [5, 5.41) is 15.7. The smallest absolute Gasteiger partial charge is 0.344 e. The molecular weight excluding hydrogens is 297 g/mol. The molecule has 1 heterocycles. The zero-order chi connectivity index (χ0) is 15.6. The van der Waals surface area contributed by atoms with Gasteiger partial charge in [0.1, 0.15) is 5.82 Å². The van der Waals surface area contributed by atoms with Crippen LogP contribution in [0.25, 0.3) is 0 Å². The monoisotopic (exact) mass is 311 g/mol. The molecule has 0 saturated carbocycles. The second-order valence-corrected chi connectivity index (χ2v) is 5.66. The van der Waals surface area contributed by atoms with Gasteiger partial charge in [0, 0.05) is 11.8 Å². The first-order valence-corrected chi connectivity index (χ1v) is 7.19. The van der Waals surface area contributed by atoms with Gasteiger partial charge in [-0.25, -0.2) is 19.1 Å². The number of aromatic nitrogens is 3. The quantitative estimate of drug-likeness (QED) is 0.827. The molecule has 0 aliphatic carbocycles. The summed E-state index contributed by atoms with van der Waals surface area (Å²) in [4.78, 5) is 22.5. The molecule has 1 aromatic carbocycles. The van der Waals surface area contributed by atoms with Crippen LogP contribution < -0.4 is 5.69 Å². The summed E-state index contributed by atoms with van der Waals surface area (Å²) in [6.45, 7) is 3.71.